The van der Waals surface area contributed by atoms with Crippen molar-refractivity contribution < 1.29 is 17.9 Å². The van der Waals surface area contributed by atoms with Gasteiger partial charge in [-0.25, -0.2) is 13.4 Å². The third-order valence-corrected chi connectivity index (χ3v) is 7.96. The second kappa shape index (κ2) is 10.9. The van der Waals surface area contributed by atoms with Gasteiger partial charge in [0.1, 0.15) is 11.9 Å². The number of pyridine rings is 1. The van der Waals surface area contributed by atoms with Crippen LogP contribution in [0.3, 0.4) is 0 Å². The predicted molar refractivity (Wildman–Crippen MR) is 147 cm³/mol. The van der Waals surface area contributed by atoms with Gasteiger partial charge in [0.15, 0.2) is 11.5 Å². The minimum absolute atomic E-state index is 0.196. The monoisotopic (exact) mass is 539 g/mol. The molecule has 3 heterocycles. The molecule has 1 fully saturated rings. The summed E-state index contributed by atoms with van der Waals surface area (Å²) < 4.78 is 36.8. The van der Waals surface area contributed by atoms with Gasteiger partial charge in [0, 0.05) is 60.8 Å². The zero-order chi connectivity index (χ0) is 27.6. The molecule has 1 aromatic carbocycles. The largest absolute Gasteiger partial charge is 0.493 e. The first-order valence-corrected chi connectivity index (χ1v) is 14.0. The first-order chi connectivity index (χ1) is 18.0. The third-order valence-electron chi connectivity index (χ3n) is 6.66. The molecule has 0 unspecified atom stereocenters. The maximum absolute atomic E-state index is 11.8. The Hall–Kier alpha value is -3.77. The number of hydrogen-bond donors (Lipinski definition) is 2. The van der Waals surface area contributed by atoms with Gasteiger partial charge >= 0.3 is 0 Å². The van der Waals surface area contributed by atoms with Gasteiger partial charge < -0.3 is 20.1 Å². The van der Waals surface area contributed by atoms with E-state index >= 15 is 0 Å². The molecule has 38 heavy (non-hydrogen) atoms. The van der Waals surface area contributed by atoms with Crippen LogP contribution in [0.15, 0.2) is 36.7 Å². The lowest BCUT2D eigenvalue weighted by molar-refractivity contribution is 0.214. The molecule has 11 nitrogen and oxygen atoms in total. The molecular weight excluding hydrogens is 506 g/mol. The Kier molecular flexibility index (Phi) is 7.83. The summed E-state index contributed by atoms with van der Waals surface area (Å²) in [7, 11) is -1.66. The minimum Gasteiger partial charge on any atom is -0.493 e. The number of aryl methyl sites for hydroxylation is 2. The molecule has 2 aromatic heterocycles. The summed E-state index contributed by atoms with van der Waals surface area (Å²) in [6.07, 6.45) is 4.21. The van der Waals surface area contributed by atoms with Crippen molar-refractivity contribution in [1.82, 2.24) is 19.5 Å². The molecule has 0 amide bonds. The van der Waals surface area contributed by atoms with E-state index < -0.39 is 10.0 Å². The zero-order valence-corrected chi connectivity index (χ0v) is 23.0. The zero-order valence-electron chi connectivity index (χ0n) is 22.2. The average Bonchev–Trinajstić information content (AvgIpc) is 2.88. The molecule has 1 aliphatic rings. The number of anilines is 2. The van der Waals surface area contributed by atoms with Gasteiger partial charge in [-0.15, -0.1) is 0 Å². The summed E-state index contributed by atoms with van der Waals surface area (Å²) in [6, 6.07) is 7.01. The van der Waals surface area contributed by atoms with Crippen molar-refractivity contribution in [3.05, 3.63) is 64.6 Å². The van der Waals surface area contributed by atoms with Crippen LogP contribution in [0, 0.1) is 19.3 Å². The molecule has 0 aliphatic carbocycles. The number of hydrogen-bond acceptors (Lipinski definition) is 10. The quantitative estimate of drug-likeness (QED) is 0.326. The SMILES string of the molecule is COc1cc(N)c(C(=N)c2ccc(N3CCN(S(C)(=O)=O)CC3)nc2)cc1O[C@H](C)c1c(C)cnnc1C. The lowest BCUT2D eigenvalue weighted by Gasteiger charge is -2.34. The van der Waals surface area contributed by atoms with Crippen LogP contribution in [-0.4, -0.2) is 73.2 Å². The van der Waals surface area contributed by atoms with E-state index in [-0.39, 0.29) is 11.8 Å². The fourth-order valence-corrected chi connectivity index (χ4v) is 5.47. The van der Waals surface area contributed by atoms with Gasteiger partial charge in [-0.1, -0.05) is 0 Å². The summed E-state index contributed by atoms with van der Waals surface area (Å²) in [5.74, 6) is 1.65. The first kappa shape index (κ1) is 27.3. The lowest BCUT2D eigenvalue weighted by atomic mass is 10.0. The molecule has 3 N–H and O–H groups in total. The van der Waals surface area contributed by atoms with E-state index in [1.54, 1.807) is 31.6 Å². The van der Waals surface area contributed by atoms with Crippen LogP contribution in [0.4, 0.5) is 11.5 Å². The van der Waals surface area contributed by atoms with E-state index in [9.17, 15) is 8.42 Å². The second-order valence-corrected chi connectivity index (χ2v) is 11.3. The van der Waals surface area contributed by atoms with Crippen LogP contribution < -0.4 is 20.1 Å². The van der Waals surface area contributed by atoms with E-state index in [1.165, 1.54) is 10.6 Å². The summed E-state index contributed by atoms with van der Waals surface area (Å²) in [5.41, 5.74) is 10.7. The van der Waals surface area contributed by atoms with E-state index in [4.69, 9.17) is 20.6 Å². The molecule has 0 bridgehead atoms. The number of benzene rings is 1. The highest BCUT2D eigenvalue weighted by Gasteiger charge is 2.24. The topological polar surface area (TPSA) is 148 Å². The van der Waals surface area contributed by atoms with Gasteiger partial charge in [-0.05, 0) is 44.5 Å². The van der Waals surface area contributed by atoms with Crippen molar-refractivity contribution in [1.29, 1.82) is 5.41 Å². The molecule has 12 heteroatoms. The Morgan fingerprint density at radius 2 is 1.82 bits per heavy atom. The molecule has 0 spiro atoms. The van der Waals surface area contributed by atoms with Crippen molar-refractivity contribution in [2.24, 2.45) is 0 Å². The highest BCUT2D eigenvalue weighted by Crippen LogP contribution is 2.37. The van der Waals surface area contributed by atoms with Crippen molar-refractivity contribution in [3.8, 4) is 11.5 Å². The van der Waals surface area contributed by atoms with Gasteiger partial charge in [-0.3, -0.25) is 5.41 Å². The Labute approximate surface area is 223 Å². The van der Waals surface area contributed by atoms with Crippen LogP contribution in [-0.2, 0) is 10.0 Å². The molecule has 1 saturated heterocycles. The fraction of sp³-hybridized carbons (Fsp3) is 0.385. The third kappa shape index (κ3) is 5.70. The number of methoxy groups -OCH3 is 1. The number of rotatable bonds is 8. The molecule has 202 valence electrons. The molecular formula is C26H33N7O4S. The highest BCUT2D eigenvalue weighted by molar-refractivity contribution is 7.88. The van der Waals surface area contributed by atoms with Gasteiger partial charge in [0.2, 0.25) is 10.0 Å². The van der Waals surface area contributed by atoms with E-state index in [2.05, 4.69) is 15.2 Å². The van der Waals surface area contributed by atoms with Crippen LogP contribution in [0.25, 0.3) is 0 Å². The van der Waals surface area contributed by atoms with Crippen molar-refractivity contribution in [2.45, 2.75) is 26.9 Å². The number of aromatic nitrogens is 3. The Morgan fingerprint density at radius 3 is 2.39 bits per heavy atom. The maximum Gasteiger partial charge on any atom is 0.211 e. The highest BCUT2D eigenvalue weighted by atomic mass is 32.2. The second-order valence-electron chi connectivity index (χ2n) is 9.31. The van der Waals surface area contributed by atoms with Crippen LogP contribution >= 0.6 is 0 Å². The van der Waals surface area contributed by atoms with Gasteiger partial charge in [0.25, 0.3) is 0 Å². The smallest absolute Gasteiger partial charge is 0.211 e. The Balaban J connectivity index is 1.55. The molecule has 1 aliphatic heterocycles. The first-order valence-electron chi connectivity index (χ1n) is 12.2. The minimum atomic E-state index is -3.20. The van der Waals surface area contributed by atoms with Crippen LogP contribution in [0.1, 0.15) is 41.0 Å². The number of sulfonamides is 1. The fourth-order valence-electron chi connectivity index (χ4n) is 4.64. The average molecular weight is 540 g/mol. The lowest BCUT2D eigenvalue weighted by Crippen LogP contribution is -2.48. The van der Waals surface area contributed by atoms with Gasteiger partial charge in [-0.2, -0.15) is 14.5 Å². The van der Waals surface area contributed by atoms with Crippen molar-refractivity contribution >= 4 is 27.2 Å². The summed E-state index contributed by atoms with van der Waals surface area (Å²) in [4.78, 5) is 6.57. The van der Waals surface area contributed by atoms with Crippen LogP contribution in [0.5, 0.6) is 11.5 Å². The number of nitrogens with zero attached hydrogens (tertiary/aromatic N) is 5. The van der Waals surface area contributed by atoms with Crippen LogP contribution in [0.2, 0.25) is 0 Å². The molecule has 4 rings (SSSR count). The van der Waals surface area contributed by atoms with Crippen molar-refractivity contribution in [2.75, 3.05) is 50.2 Å². The predicted octanol–water partition coefficient (Wildman–Crippen LogP) is 2.72. The summed E-state index contributed by atoms with van der Waals surface area (Å²) in [5, 5.41) is 17.0. The standard InChI is InChI=1S/C26H33N7O4S/c1-16-14-30-31-17(2)25(16)18(3)37-23-12-20(21(27)13-22(23)36-4)26(28)19-6-7-24(29-15-19)32-8-10-33(11-9-32)38(5,34)35/h6-7,12-15,18,28H,8-11,27H2,1-5H3/t18-/m1/s1. The molecule has 0 radical (unpaired) electrons. The summed E-state index contributed by atoms with van der Waals surface area (Å²) in [6.45, 7) is 7.70. The number of ether oxygens (including phenoxy) is 2. The summed E-state index contributed by atoms with van der Waals surface area (Å²) >= 11 is 0. The Bertz CT molecular complexity index is 1420. The van der Waals surface area contributed by atoms with E-state index in [0.29, 0.717) is 54.5 Å². The van der Waals surface area contributed by atoms with Gasteiger partial charge in [0.05, 0.1) is 31.0 Å². The number of piperazine rings is 1. The maximum atomic E-state index is 11.8. The Morgan fingerprint density at radius 1 is 1.11 bits per heavy atom. The number of nitrogens with one attached hydrogen (secondary N) is 1. The number of nitrogen functional groups attached to an aromatic ring is 1. The molecule has 0 saturated carbocycles. The van der Waals surface area contributed by atoms with Crippen molar-refractivity contribution in [3.63, 3.8) is 0 Å². The molecule has 1 atom stereocenters. The van der Waals surface area contributed by atoms with E-state index in [0.717, 1.165) is 22.6 Å². The number of nitrogens with two attached hydrogens (primary N) is 1. The van der Waals surface area contributed by atoms with E-state index in [1.807, 2.05) is 37.8 Å². The normalized spacial score (nSPS) is 15.2. The molecule has 3 aromatic rings.